The largest absolute Gasteiger partial charge is 0.481 e. The smallest absolute Gasteiger partial charge is 0.306 e. The lowest BCUT2D eigenvalue weighted by atomic mass is 10.1. The molecule has 17 heavy (non-hydrogen) atoms. The summed E-state index contributed by atoms with van der Waals surface area (Å²) in [5, 5.41) is 11.4. The molecule has 1 rings (SSSR count). The van der Waals surface area contributed by atoms with Crippen LogP contribution in [0.4, 0.5) is 0 Å². The lowest BCUT2D eigenvalue weighted by Gasteiger charge is -2.08. The van der Waals surface area contributed by atoms with Gasteiger partial charge in [0.25, 0.3) is 5.91 Å². The number of hydrogen-bond donors (Lipinski definition) is 2. The summed E-state index contributed by atoms with van der Waals surface area (Å²) >= 11 is 2.10. The van der Waals surface area contributed by atoms with Crippen LogP contribution in [0.25, 0.3) is 0 Å². The molecule has 0 aliphatic rings. The predicted molar refractivity (Wildman–Crippen MR) is 72.9 cm³/mol. The molecule has 0 spiro atoms. The van der Waals surface area contributed by atoms with Crippen molar-refractivity contribution >= 4 is 34.5 Å². The third-order valence-electron chi connectivity index (χ3n) is 2.40. The maximum absolute atomic E-state index is 11.8. The standard InChI is InChI=1S/C12H14INO3/c1-8(12(16)17)6-7-14-11(15)9-4-2-3-5-10(9)13/h2-5,8H,6-7H2,1H3,(H,14,15)(H,16,17). The van der Waals surface area contributed by atoms with Crippen molar-refractivity contribution < 1.29 is 14.7 Å². The van der Waals surface area contributed by atoms with E-state index in [2.05, 4.69) is 27.9 Å². The quantitative estimate of drug-likeness (QED) is 0.802. The van der Waals surface area contributed by atoms with Gasteiger partial charge in [-0.15, -0.1) is 0 Å². The minimum absolute atomic E-state index is 0.160. The highest BCUT2D eigenvalue weighted by molar-refractivity contribution is 14.1. The summed E-state index contributed by atoms with van der Waals surface area (Å²) in [6, 6.07) is 7.27. The van der Waals surface area contributed by atoms with Crippen molar-refractivity contribution in [3.63, 3.8) is 0 Å². The fourth-order valence-electron chi connectivity index (χ4n) is 1.27. The molecule has 0 radical (unpaired) electrons. The van der Waals surface area contributed by atoms with Crippen LogP contribution in [0.3, 0.4) is 0 Å². The van der Waals surface area contributed by atoms with Gasteiger partial charge < -0.3 is 10.4 Å². The first-order chi connectivity index (χ1) is 8.02. The maximum atomic E-state index is 11.8. The second kappa shape index (κ2) is 6.58. The van der Waals surface area contributed by atoms with E-state index in [4.69, 9.17) is 5.11 Å². The number of carbonyl (C=O) groups is 2. The Hall–Kier alpha value is -1.11. The van der Waals surface area contributed by atoms with Crippen molar-refractivity contribution in [3.05, 3.63) is 33.4 Å². The highest BCUT2D eigenvalue weighted by Gasteiger charge is 2.12. The molecule has 4 nitrogen and oxygen atoms in total. The van der Waals surface area contributed by atoms with E-state index in [1.54, 1.807) is 19.1 Å². The Balaban J connectivity index is 2.46. The summed E-state index contributed by atoms with van der Waals surface area (Å²) in [6.07, 6.45) is 0.435. The third kappa shape index (κ3) is 4.33. The predicted octanol–water partition coefficient (Wildman–Crippen LogP) is 2.13. The number of benzene rings is 1. The molecule has 0 fully saturated rings. The van der Waals surface area contributed by atoms with Crippen molar-refractivity contribution in [2.75, 3.05) is 6.54 Å². The SMILES string of the molecule is CC(CCNC(=O)c1ccccc1I)C(=O)O. The average molecular weight is 347 g/mol. The fraction of sp³-hybridized carbons (Fsp3) is 0.333. The molecule has 0 saturated heterocycles. The van der Waals surface area contributed by atoms with Crippen molar-refractivity contribution in [2.24, 2.45) is 5.92 Å². The Morgan fingerprint density at radius 2 is 2.06 bits per heavy atom. The number of carbonyl (C=O) groups excluding carboxylic acids is 1. The van der Waals surface area contributed by atoms with Crippen LogP contribution in [-0.4, -0.2) is 23.5 Å². The Kier molecular flexibility index (Phi) is 5.40. The molecular weight excluding hydrogens is 333 g/mol. The summed E-state index contributed by atoms with van der Waals surface area (Å²) in [4.78, 5) is 22.3. The van der Waals surface area contributed by atoms with Gasteiger partial charge >= 0.3 is 5.97 Å². The number of carboxylic acids is 1. The zero-order valence-corrected chi connectivity index (χ0v) is 11.6. The zero-order valence-electron chi connectivity index (χ0n) is 9.44. The molecule has 2 N–H and O–H groups in total. The van der Waals surface area contributed by atoms with Crippen LogP contribution in [0.15, 0.2) is 24.3 Å². The molecule has 1 unspecified atom stereocenters. The van der Waals surface area contributed by atoms with Gasteiger partial charge in [-0.1, -0.05) is 19.1 Å². The van der Waals surface area contributed by atoms with E-state index in [-0.39, 0.29) is 5.91 Å². The molecule has 0 aromatic heterocycles. The summed E-state index contributed by atoms with van der Waals surface area (Å²) in [5.74, 6) is -1.44. The van der Waals surface area contributed by atoms with Crippen molar-refractivity contribution in [3.8, 4) is 0 Å². The van der Waals surface area contributed by atoms with Crippen LogP contribution >= 0.6 is 22.6 Å². The molecule has 1 aromatic carbocycles. The van der Waals surface area contributed by atoms with E-state index >= 15 is 0 Å². The number of hydrogen-bond acceptors (Lipinski definition) is 2. The molecule has 1 amide bonds. The molecule has 0 bridgehead atoms. The van der Waals surface area contributed by atoms with Gasteiger partial charge in [0.1, 0.15) is 0 Å². The van der Waals surface area contributed by atoms with E-state index in [0.29, 0.717) is 18.5 Å². The van der Waals surface area contributed by atoms with Crippen molar-refractivity contribution in [1.29, 1.82) is 0 Å². The highest BCUT2D eigenvalue weighted by Crippen LogP contribution is 2.11. The number of carboxylic acid groups (broad SMARTS) is 1. The lowest BCUT2D eigenvalue weighted by Crippen LogP contribution is -2.27. The van der Waals surface area contributed by atoms with Gasteiger partial charge in [0.2, 0.25) is 0 Å². The zero-order chi connectivity index (χ0) is 12.8. The number of rotatable bonds is 5. The molecule has 0 saturated carbocycles. The molecule has 0 aliphatic carbocycles. The van der Waals surface area contributed by atoms with Gasteiger partial charge in [0, 0.05) is 10.1 Å². The Labute approximate surface area is 114 Å². The molecule has 0 aliphatic heterocycles. The Bertz CT molecular complexity index is 420. The lowest BCUT2D eigenvalue weighted by molar-refractivity contribution is -0.141. The number of amides is 1. The maximum Gasteiger partial charge on any atom is 0.306 e. The topological polar surface area (TPSA) is 66.4 Å². The van der Waals surface area contributed by atoms with Crippen LogP contribution in [0.2, 0.25) is 0 Å². The minimum Gasteiger partial charge on any atom is -0.481 e. The van der Waals surface area contributed by atoms with Crippen LogP contribution in [0, 0.1) is 9.49 Å². The number of nitrogens with one attached hydrogen (secondary N) is 1. The van der Waals surface area contributed by atoms with Crippen LogP contribution in [0.5, 0.6) is 0 Å². The van der Waals surface area contributed by atoms with Crippen molar-refractivity contribution in [1.82, 2.24) is 5.32 Å². The van der Waals surface area contributed by atoms with Crippen LogP contribution in [0.1, 0.15) is 23.7 Å². The molecule has 5 heteroatoms. The Morgan fingerprint density at radius 3 is 2.65 bits per heavy atom. The van der Waals surface area contributed by atoms with E-state index in [1.165, 1.54) is 0 Å². The monoisotopic (exact) mass is 347 g/mol. The minimum atomic E-state index is -0.839. The summed E-state index contributed by atoms with van der Waals surface area (Å²) in [6.45, 7) is 2.00. The molecule has 92 valence electrons. The molecule has 1 aromatic rings. The van der Waals surface area contributed by atoms with Gasteiger partial charge in [0.05, 0.1) is 11.5 Å². The van der Waals surface area contributed by atoms with Gasteiger partial charge in [-0.3, -0.25) is 9.59 Å². The first kappa shape index (κ1) is 14.0. The van der Waals surface area contributed by atoms with Gasteiger partial charge in [-0.25, -0.2) is 0 Å². The molecule has 0 heterocycles. The molecule has 1 atom stereocenters. The van der Waals surface area contributed by atoms with E-state index < -0.39 is 11.9 Å². The fourth-order valence-corrected chi connectivity index (χ4v) is 1.90. The van der Waals surface area contributed by atoms with Crippen LogP contribution in [-0.2, 0) is 4.79 Å². The summed E-state index contributed by atoms with van der Waals surface area (Å²) in [7, 11) is 0. The van der Waals surface area contributed by atoms with Crippen molar-refractivity contribution in [2.45, 2.75) is 13.3 Å². The normalized spacial score (nSPS) is 11.9. The van der Waals surface area contributed by atoms with Gasteiger partial charge in [0.15, 0.2) is 0 Å². The Morgan fingerprint density at radius 1 is 1.41 bits per heavy atom. The van der Waals surface area contributed by atoms with E-state index in [0.717, 1.165) is 3.57 Å². The second-order valence-electron chi connectivity index (χ2n) is 3.76. The van der Waals surface area contributed by atoms with Gasteiger partial charge in [-0.05, 0) is 41.1 Å². The highest BCUT2D eigenvalue weighted by atomic mass is 127. The average Bonchev–Trinajstić information content (AvgIpc) is 2.29. The van der Waals surface area contributed by atoms with Crippen LogP contribution < -0.4 is 5.32 Å². The van der Waals surface area contributed by atoms with Gasteiger partial charge in [-0.2, -0.15) is 0 Å². The van der Waals surface area contributed by atoms with E-state index in [1.807, 2.05) is 12.1 Å². The first-order valence-electron chi connectivity index (χ1n) is 5.28. The summed E-state index contributed by atoms with van der Waals surface area (Å²) < 4.78 is 0.883. The van der Waals surface area contributed by atoms with E-state index in [9.17, 15) is 9.59 Å². The number of aliphatic carboxylic acids is 1. The second-order valence-corrected chi connectivity index (χ2v) is 4.93. The first-order valence-corrected chi connectivity index (χ1v) is 6.35. The summed E-state index contributed by atoms with van der Waals surface area (Å²) in [5.41, 5.74) is 0.621. The molecular formula is C12H14INO3. The third-order valence-corrected chi connectivity index (χ3v) is 3.34. The number of halogens is 1.